The number of ketones is 1. The summed E-state index contributed by atoms with van der Waals surface area (Å²) >= 11 is 0. The number of aromatic nitrogens is 1. The first kappa shape index (κ1) is 21.3. The van der Waals surface area contributed by atoms with Crippen LogP contribution in [0.3, 0.4) is 0 Å². The number of rotatable bonds is 6. The number of fused-ring (bicyclic) bond motifs is 1. The van der Waals surface area contributed by atoms with Crippen LogP contribution in [-0.2, 0) is 9.53 Å². The molecule has 6 nitrogen and oxygen atoms in total. The molecule has 156 valence electrons. The Labute approximate surface area is 175 Å². The summed E-state index contributed by atoms with van der Waals surface area (Å²) in [6, 6.07) is 14.4. The van der Waals surface area contributed by atoms with Crippen molar-refractivity contribution in [3.05, 3.63) is 54.1 Å². The molecule has 1 heterocycles. The summed E-state index contributed by atoms with van der Waals surface area (Å²) in [6.07, 6.45) is 0. The van der Waals surface area contributed by atoms with Crippen LogP contribution in [0.5, 0.6) is 11.5 Å². The molecule has 0 spiro atoms. The lowest BCUT2D eigenvalue weighted by Crippen LogP contribution is -2.26. The van der Waals surface area contributed by atoms with E-state index in [1.807, 2.05) is 30.3 Å². The van der Waals surface area contributed by atoms with Gasteiger partial charge >= 0.3 is 5.97 Å². The van der Waals surface area contributed by atoms with Crippen LogP contribution < -0.4 is 9.47 Å². The molecule has 0 bridgehead atoms. The first-order valence-corrected chi connectivity index (χ1v) is 9.57. The molecule has 0 aliphatic heterocycles. The number of carbonyl (C=O) groups excluding carboxylic acids is 2. The van der Waals surface area contributed by atoms with Crippen molar-refractivity contribution >= 4 is 22.7 Å². The van der Waals surface area contributed by atoms with E-state index >= 15 is 0 Å². The third-order valence-corrected chi connectivity index (χ3v) is 4.79. The average molecular weight is 407 g/mol. The van der Waals surface area contributed by atoms with E-state index in [0.717, 1.165) is 5.56 Å². The second-order valence-electron chi connectivity index (χ2n) is 7.89. The number of methoxy groups -OCH3 is 2. The lowest BCUT2D eigenvalue weighted by atomic mass is 9.91. The van der Waals surface area contributed by atoms with Gasteiger partial charge in [0.05, 0.1) is 31.0 Å². The summed E-state index contributed by atoms with van der Waals surface area (Å²) in [5.41, 5.74) is 1.78. The normalized spacial score (nSPS) is 11.2. The summed E-state index contributed by atoms with van der Waals surface area (Å²) in [6.45, 7) is 5.10. The Morgan fingerprint density at radius 1 is 0.933 bits per heavy atom. The third-order valence-electron chi connectivity index (χ3n) is 4.79. The topological polar surface area (TPSA) is 74.7 Å². The molecule has 3 rings (SSSR count). The van der Waals surface area contributed by atoms with Crippen LogP contribution in [0.25, 0.3) is 22.2 Å². The molecule has 0 atom stereocenters. The number of esters is 1. The van der Waals surface area contributed by atoms with Crippen LogP contribution in [0, 0.1) is 5.41 Å². The summed E-state index contributed by atoms with van der Waals surface area (Å²) < 4.78 is 16.0. The number of ether oxygens (including phenoxy) is 3. The fraction of sp³-hybridized carbons (Fsp3) is 0.292. The molecule has 6 heteroatoms. The van der Waals surface area contributed by atoms with Crippen molar-refractivity contribution in [2.45, 2.75) is 20.8 Å². The van der Waals surface area contributed by atoms with Gasteiger partial charge in [-0.15, -0.1) is 0 Å². The van der Waals surface area contributed by atoms with E-state index in [2.05, 4.69) is 4.98 Å². The molecule has 0 unspecified atom stereocenters. The molecule has 0 saturated carbocycles. The average Bonchev–Trinajstić information content (AvgIpc) is 2.75. The predicted octanol–water partition coefficient (Wildman–Crippen LogP) is 4.69. The Balaban J connectivity index is 2.03. The van der Waals surface area contributed by atoms with E-state index < -0.39 is 11.4 Å². The molecule has 0 fully saturated rings. The number of hydrogen-bond donors (Lipinski definition) is 0. The van der Waals surface area contributed by atoms with Gasteiger partial charge in [0.2, 0.25) is 0 Å². The quantitative estimate of drug-likeness (QED) is 0.552. The standard InChI is InChI=1S/C24H25NO5/c1-24(2,3)22(26)14-30-23(27)17-13-19(25-18-9-7-6-8-16(17)18)15-10-11-20(28-4)21(12-15)29-5/h6-13H,14H2,1-5H3. The van der Waals surface area contributed by atoms with E-state index in [-0.39, 0.29) is 12.4 Å². The summed E-state index contributed by atoms with van der Waals surface area (Å²) in [5, 5.41) is 0.662. The number of hydrogen-bond acceptors (Lipinski definition) is 6. The van der Waals surface area contributed by atoms with Gasteiger partial charge < -0.3 is 14.2 Å². The number of Topliss-reactive ketones (excluding diaryl/α,β-unsaturated/α-hetero) is 1. The van der Waals surface area contributed by atoms with Gasteiger partial charge in [-0.2, -0.15) is 0 Å². The first-order chi connectivity index (χ1) is 14.2. The minimum atomic E-state index is -0.578. The zero-order chi connectivity index (χ0) is 21.9. The van der Waals surface area contributed by atoms with Crippen molar-refractivity contribution in [3.8, 4) is 22.8 Å². The minimum Gasteiger partial charge on any atom is -0.493 e. The van der Waals surface area contributed by atoms with Crippen LogP contribution >= 0.6 is 0 Å². The highest BCUT2D eigenvalue weighted by molar-refractivity contribution is 6.05. The van der Waals surface area contributed by atoms with E-state index in [1.165, 1.54) is 0 Å². The number of nitrogens with zero attached hydrogens (tertiary/aromatic N) is 1. The molecule has 0 aliphatic rings. The Morgan fingerprint density at radius 2 is 1.63 bits per heavy atom. The molecule has 1 aromatic heterocycles. The molecule has 30 heavy (non-hydrogen) atoms. The molecular formula is C24H25NO5. The van der Waals surface area contributed by atoms with Crippen molar-refractivity contribution in [2.24, 2.45) is 5.41 Å². The van der Waals surface area contributed by atoms with Crippen LogP contribution in [0.15, 0.2) is 48.5 Å². The van der Waals surface area contributed by atoms with Crippen LogP contribution in [-0.4, -0.2) is 37.6 Å². The van der Waals surface area contributed by atoms with Crippen molar-refractivity contribution in [2.75, 3.05) is 20.8 Å². The van der Waals surface area contributed by atoms with Crippen molar-refractivity contribution in [1.82, 2.24) is 4.98 Å². The van der Waals surface area contributed by atoms with Gasteiger partial charge in [0.15, 0.2) is 23.9 Å². The molecule has 0 aliphatic carbocycles. The molecule has 2 aromatic carbocycles. The van der Waals surface area contributed by atoms with Crippen LogP contribution in [0.4, 0.5) is 0 Å². The Kier molecular flexibility index (Phi) is 6.06. The number of carbonyl (C=O) groups is 2. The maximum absolute atomic E-state index is 12.9. The van der Waals surface area contributed by atoms with Gasteiger partial charge in [0, 0.05) is 16.4 Å². The highest BCUT2D eigenvalue weighted by Gasteiger charge is 2.24. The van der Waals surface area contributed by atoms with Gasteiger partial charge in [-0.1, -0.05) is 39.0 Å². The van der Waals surface area contributed by atoms with Gasteiger partial charge in [0.1, 0.15) is 0 Å². The van der Waals surface area contributed by atoms with E-state index in [1.54, 1.807) is 53.2 Å². The van der Waals surface area contributed by atoms with Gasteiger partial charge in [-0.05, 0) is 30.3 Å². The maximum Gasteiger partial charge on any atom is 0.339 e. The Morgan fingerprint density at radius 3 is 2.30 bits per heavy atom. The number of benzene rings is 2. The van der Waals surface area contributed by atoms with E-state index in [4.69, 9.17) is 14.2 Å². The fourth-order valence-electron chi connectivity index (χ4n) is 2.91. The smallest absolute Gasteiger partial charge is 0.339 e. The Bertz CT molecular complexity index is 1100. The van der Waals surface area contributed by atoms with Crippen molar-refractivity contribution in [1.29, 1.82) is 0 Å². The van der Waals surface area contributed by atoms with Gasteiger partial charge in [0.25, 0.3) is 0 Å². The van der Waals surface area contributed by atoms with Gasteiger partial charge in [-0.25, -0.2) is 9.78 Å². The lowest BCUT2D eigenvalue weighted by molar-refractivity contribution is -0.129. The third kappa shape index (κ3) is 4.43. The number of para-hydroxylation sites is 1. The zero-order valence-corrected chi connectivity index (χ0v) is 17.8. The zero-order valence-electron chi connectivity index (χ0n) is 17.8. The summed E-state index contributed by atoms with van der Waals surface area (Å²) in [7, 11) is 3.13. The van der Waals surface area contributed by atoms with Gasteiger partial charge in [-0.3, -0.25) is 4.79 Å². The largest absolute Gasteiger partial charge is 0.493 e. The fourth-order valence-corrected chi connectivity index (χ4v) is 2.91. The molecule has 0 radical (unpaired) electrons. The van der Waals surface area contributed by atoms with E-state index in [0.29, 0.717) is 33.7 Å². The highest BCUT2D eigenvalue weighted by Crippen LogP contribution is 2.33. The Hall–Kier alpha value is -3.41. The maximum atomic E-state index is 12.9. The molecule has 0 saturated heterocycles. The summed E-state index contributed by atoms with van der Waals surface area (Å²) in [5.74, 6) is 0.453. The first-order valence-electron chi connectivity index (χ1n) is 9.57. The number of pyridine rings is 1. The molecule has 0 N–H and O–H groups in total. The second-order valence-corrected chi connectivity index (χ2v) is 7.89. The van der Waals surface area contributed by atoms with Crippen LogP contribution in [0.1, 0.15) is 31.1 Å². The second kappa shape index (κ2) is 8.53. The minimum absolute atomic E-state index is 0.144. The molecular weight excluding hydrogens is 382 g/mol. The molecule has 3 aromatic rings. The van der Waals surface area contributed by atoms with Crippen molar-refractivity contribution in [3.63, 3.8) is 0 Å². The predicted molar refractivity (Wildman–Crippen MR) is 115 cm³/mol. The van der Waals surface area contributed by atoms with Crippen molar-refractivity contribution < 1.29 is 23.8 Å². The summed E-state index contributed by atoms with van der Waals surface area (Å²) in [4.78, 5) is 29.7. The van der Waals surface area contributed by atoms with Crippen LogP contribution in [0.2, 0.25) is 0 Å². The van der Waals surface area contributed by atoms with E-state index in [9.17, 15) is 9.59 Å². The SMILES string of the molecule is COc1ccc(-c2cc(C(=O)OCC(=O)C(C)(C)C)c3ccccc3n2)cc1OC. The molecule has 0 amide bonds. The monoisotopic (exact) mass is 407 g/mol. The lowest BCUT2D eigenvalue weighted by Gasteiger charge is -2.16. The highest BCUT2D eigenvalue weighted by atomic mass is 16.5.